The largest absolute Gasteiger partial charge is 0.477 e. The van der Waals surface area contributed by atoms with Crippen LogP contribution in [0.4, 0.5) is 0 Å². The Morgan fingerprint density at radius 2 is 2.00 bits per heavy atom. The molecule has 0 amide bonds. The van der Waals surface area contributed by atoms with Crippen LogP contribution in [0.15, 0.2) is 0 Å². The summed E-state index contributed by atoms with van der Waals surface area (Å²) in [5.41, 5.74) is 0.673. The van der Waals surface area contributed by atoms with Crippen molar-refractivity contribution in [1.29, 1.82) is 0 Å². The van der Waals surface area contributed by atoms with Crippen LogP contribution in [0.25, 0.3) is 0 Å². The van der Waals surface area contributed by atoms with Crippen LogP contribution in [-0.4, -0.2) is 36.0 Å². The Labute approximate surface area is 109 Å². The molecule has 1 aromatic heterocycles. The molecule has 2 aliphatic rings. The monoisotopic (exact) mass is 287 g/mol. The van der Waals surface area contributed by atoms with Crippen LogP contribution in [0.3, 0.4) is 0 Å². The van der Waals surface area contributed by atoms with Gasteiger partial charge in [-0.2, -0.15) is 0 Å². The second-order valence-corrected chi connectivity index (χ2v) is 8.21. The molecule has 1 unspecified atom stereocenters. The molecule has 1 aliphatic heterocycles. The fourth-order valence-corrected chi connectivity index (χ4v) is 5.28. The van der Waals surface area contributed by atoms with E-state index in [2.05, 4.69) is 4.98 Å². The molecule has 1 aromatic rings. The predicted octanol–water partition coefficient (Wildman–Crippen LogP) is 1.62. The van der Waals surface area contributed by atoms with Gasteiger partial charge in [-0.3, -0.25) is 0 Å². The van der Waals surface area contributed by atoms with E-state index >= 15 is 0 Å². The molecule has 0 aromatic carbocycles. The standard InChI is InChI=1S/C11H13NO4S2/c13-11(14)9-8(6-1-2-6)12-10(17-9)7-3-4-18(15,16)5-7/h6-7H,1-5H2,(H,13,14). The van der Waals surface area contributed by atoms with Gasteiger partial charge < -0.3 is 5.11 Å². The first kappa shape index (κ1) is 12.1. The molecule has 1 aliphatic carbocycles. The van der Waals surface area contributed by atoms with Gasteiger partial charge in [-0.05, 0) is 19.3 Å². The van der Waals surface area contributed by atoms with Crippen molar-refractivity contribution in [1.82, 2.24) is 4.98 Å². The molecule has 3 rings (SSSR count). The molecule has 18 heavy (non-hydrogen) atoms. The molecule has 2 heterocycles. The Balaban J connectivity index is 1.94. The van der Waals surface area contributed by atoms with Gasteiger partial charge in [0.15, 0.2) is 9.84 Å². The molecule has 5 nitrogen and oxygen atoms in total. The number of aromatic nitrogens is 1. The van der Waals surface area contributed by atoms with Gasteiger partial charge in [-0.1, -0.05) is 0 Å². The first-order chi connectivity index (χ1) is 8.46. The minimum atomic E-state index is -2.95. The maximum Gasteiger partial charge on any atom is 0.347 e. The number of hydrogen-bond donors (Lipinski definition) is 1. The highest BCUT2D eigenvalue weighted by atomic mass is 32.2. The minimum Gasteiger partial charge on any atom is -0.477 e. The van der Waals surface area contributed by atoms with E-state index in [0.29, 0.717) is 22.0 Å². The van der Waals surface area contributed by atoms with Crippen molar-refractivity contribution in [2.75, 3.05) is 11.5 Å². The number of carbonyl (C=O) groups is 1. The Morgan fingerprint density at radius 1 is 1.28 bits per heavy atom. The van der Waals surface area contributed by atoms with E-state index < -0.39 is 15.8 Å². The van der Waals surface area contributed by atoms with E-state index in [9.17, 15) is 13.2 Å². The molecule has 0 spiro atoms. The normalized spacial score (nSPS) is 26.3. The van der Waals surface area contributed by atoms with E-state index in [4.69, 9.17) is 5.11 Å². The van der Waals surface area contributed by atoms with Crippen molar-refractivity contribution < 1.29 is 18.3 Å². The molecule has 0 bridgehead atoms. The highest BCUT2D eigenvalue weighted by Crippen LogP contribution is 2.44. The van der Waals surface area contributed by atoms with Gasteiger partial charge in [-0.25, -0.2) is 18.2 Å². The number of nitrogens with zero attached hydrogens (tertiary/aromatic N) is 1. The van der Waals surface area contributed by atoms with Crippen LogP contribution in [0.1, 0.15) is 51.5 Å². The van der Waals surface area contributed by atoms with E-state index in [-0.39, 0.29) is 23.3 Å². The summed E-state index contributed by atoms with van der Waals surface area (Å²) < 4.78 is 22.9. The highest BCUT2D eigenvalue weighted by Gasteiger charge is 2.36. The maximum atomic E-state index is 11.4. The van der Waals surface area contributed by atoms with Gasteiger partial charge in [0.1, 0.15) is 4.88 Å². The number of hydrogen-bond acceptors (Lipinski definition) is 5. The molecule has 7 heteroatoms. The second kappa shape index (κ2) is 4.03. The van der Waals surface area contributed by atoms with Gasteiger partial charge >= 0.3 is 5.97 Å². The van der Waals surface area contributed by atoms with Crippen molar-refractivity contribution in [3.8, 4) is 0 Å². The van der Waals surface area contributed by atoms with Gasteiger partial charge in [0.25, 0.3) is 0 Å². The molecule has 1 atom stereocenters. The van der Waals surface area contributed by atoms with Crippen molar-refractivity contribution in [3.05, 3.63) is 15.6 Å². The molecule has 1 N–H and O–H groups in total. The molecule has 98 valence electrons. The molecular formula is C11H13NO4S2. The van der Waals surface area contributed by atoms with Crippen LogP contribution in [-0.2, 0) is 9.84 Å². The third-order valence-corrected chi connectivity index (χ3v) is 6.40. The number of carboxylic acids is 1. The lowest BCUT2D eigenvalue weighted by Gasteiger charge is -2.00. The maximum absolute atomic E-state index is 11.4. The summed E-state index contributed by atoms with van der Waals surface area (Å²) >= 11 is 1.16. The predicted molar refractivity (Wildman–Crippen MR) is 67.1 cm³/mol. The highest BCUT2D eigenvalue weighted by molar-refractivity contribution is 7.91. The summed E-state index contributed by atoms with van der Waals surface area (Å²) in [4.78, 5) is 15.9. The Hall–Kier alpha value is -0.950. The smallest absolute Gasteiger partial charge is 0.347 e. The lowest BCUT2D eigenvalue weighted by atomic mass is 10.1. The SMILES string of the molecule is O=C(O)c1sc(C2CCS(=O)(=O)C2)nc1C1CC1. The first-order valence-electron chi connectivity index (χ1n) is 5.90. The van der Waals surface area contributed by atoms with Gasteiger partial charge in [-0.15, -0.1) is 11.3 Å². The van der Waals surface area contributed by atoms with Crippen molar-refractivity contribution in [2.45, 2.75) is 31.1 Å². The summed E-state index contributed by atoms with van der Waals surface area (Å²) in [6, 6.07) is 0. The summed E-state index contributed by atoms with van der Waals surface area (Å²) in [7, 11) is -2.95. The zero-order valence-corrected chi connectivity index (χ0v) is 11.3. The van der Waals surface area contributed by atoms with Crippen LogP contribution >= 0.6 is 11.3 Å². The van der Waals surface area contributed by atoms with Crippen LogP contribution in [0.5, 0.6) is 0 Å². The number of thiazole rings is 1. The number of sulfone groups is 1. The van der Waals surface area contributed by atoms with Crippen LogP contribution in [0.2, 0.25) is 0 Å². The molecule has 1 saturated carbocycles. The topological polar surface area (TPSA) is 84.3 Å². The molecule has 1 saturated heterocycles. The quantitative estimate of drug-likeness (QED) is 0.913. The van der Waals surface area contributed by atoms with Crippen molar-refractivity contribution in [2.24, 2.45) is 0 Å². The van der Waals surface area contributed by atoms with Crippen LogP contribution in [0, 0.1) is 0 Å². The average molecular weight is 287 g/mol. The number of rotatable bonds is 3. The van der Waals surface area contributed by atoms with E-state index in [1.165, 1.54) is 0 Å². The molecular weight excluding hydrogens is 274 g/mol. The van der Waals surface area contributed by atoms with Crippen LogP contribution < -0.4 is 0 Å². The van der Waals surface area contributed by atoms with Crippen molar-refractivity contribution >= 4 is 27.1 Å². The van der Waals surface area contributed by atoms with Gasteiger partial charge in [0.05, 0.1) is 22.2 Å². The lowest BCUT2D eigenvalue weighted by molar-refractivity contribution is 0.0700. The summed E-state index contributed by atoms with van der Waals surface area (Å²) in [6.07, 6.45) is 2.55. The zero-order chi connectivity index (χ0) is 12.9. The molecule has 0 radical (unpaired) electrons. The lowest BCUT2D eigenvalue weighted by Crippen LogP contribution is -2.03. The molecule has 2 fully saturated rings. The van der Waals surface area contributed by atoms with E-state index in [1.807, 2.05) is 0 Å². The number of carboxylic acid groups (broad SMARTS) is 1. The third kappa shape index (κ3) is 2.16. The minimum absolute atomic E-state index is 0.106. The fraction of sp³-hybridized carbons (Fsp3) is 0.636. The average Bonchev–Trinajstić information content (AvgIpc) is 2.92. The third-order valence-electron chi connectivity index (χ3n) is 3.41. The Morgan fingerprint density at radius 3 is 2.50 bits per heavy atom. The van der Waals surface area contributed by atoms with E-state index in [0.717, 1.165) is 24.2 Å². The Bertz CT molecular complexity index is 601. The fourth-order valence-electron chi connectivity index (χ4n) is 2.30. The van der Waals surface area contributed by atoms with Gasteiger partial charge in [0, 0.05) is 11.8 Å². The number of aromatic carboxylic acids is 1. The summed E-state index contributed by atoms with van der Waals surface area (Å²) in [5, 5.41) is 9.84. The Kier molecular flexibility index (Phi) is 2.71. The summed E-state index contributed by atoms with van der Waals surface area (Å²) in [6.45, 7) is 0. The van der Waals surface area contributed by atoms with Gasteiger partial charge in [0.2, 0.25) is 0 Å². The summed E-state index contributed by atoms with van der Waals surface area (Å²) in [5.74, 6) is -0.464. The zero-order valence-electron chi connectivity index (χ0n) is 9.63. The first-order valence-corrected chi connectivity index (χ1v) is 8.54. The second-order valence-electron chi connectivity index (χ2n) is 4.95. The van der Waals surface area contributed by atoms with E-state index in [1.54, 1.807) is 0 Å². The van der Waals surface area contributed by atoms with Crippen molar-refractivity contribution in [3.63, 3.8) is 0 Å².